The summed E-state index contributed by atoms with van der Waals surface area (Å²) in [5, 5.41) is 11.2. The first-order valence-electron chi connectivity index (χ1n) is 19.7. The SMILES string of the molecule is CNC(=O)[C@@H](NC(=O)c1nc(C2=CCCC2)n2c1CN(C)CC2)C(C)(C)C.CNC(=O)[C@@H](NC(=O)c1nc(C2CCCC2)n2c1CN(C)CC2)C(C)(C)C.[HH]. The van der Waals surface area contributed by atoms with Gasteiger partial charge in [-0.2, -0.15) is 0 Å². The molecule has 0 saturated heterocycles. The minimum atomic E-state index is -0.622. The number of imidazole rings is 2. The van der Waals surface area contributed by atoms with E-state index in [0.717, 1.165) is 81.3 Å². The number of hydrogen-bond donors (Lipinski definition) is 4. The molecule has 54 heavy (non-hydrogen) atoms. The van der Waals surface area contributed by atoms with Crippen LogP contribution in [0, 0.1) is 10.8 Å². The fourth-order valence-corrected chi connectivity index (χ4v) is 8.03. The van der Waals surface area contributed by atoms with Gasteiger partial charge in [0.25, 0.3) is 11.8 Å². The highest BCUT2D eigenvalue weighted by Gasteiger charge is 2.37. The van der Waals surface area contributed by atoms with E-state index in [1.54, 1.807) is 14.1 Å². The molecule has 0 spiro atoms. The number of rotatable bonds is 8. The monoisotopic (exact) mass is 751 g/mol. The van der Waals surface area contributed by atoms with Crippen LogP contribution >= 0.6 is 0 Å². The zero-order valence-corrected chi connectivity index (χ0v) is 34.3. The second-order valence-electron chi connectivity index (χ2n) is 17.7. The maximum absolute atomic E-state index is 13.1. The van der Waals surface area contributed by atoms with Gasteiger partial charge in [-0.3, -0.25) is 29.0 Å². The topological polar surface area (TPSA) is 159 Å². The molecule has 300 valence electrons. The average molecular weight is 751 g/mol. The van der Waals surface area contributed by atoms with Crippen LogP contribution in [-0.2, 0) is 35.8 Å². The number of amides is 4. The quantitative estimate of drug-likeness (QED) is 0.317. The first-order valence-corrected chi connectivity index (χ1v) is 19.7. The summed E-state index contributed by atoms with van der Waals surface area (Å²) in [5.74, 6) is 1.54. The highest BCUT2D eigenvalue weighted by atomic mass is 16.2. The van der Waals surface area contributed by atoms with Gasteiger partial charge in [0.05, 0.1) is 11.4 Å². The van der Waals surface area contributed by atoms with Gasteiger partial charge in [0.15, 0.2) is 11.4 Å². The highest BCUT2D eigenvalue weighted by molar-refractivity contribution is 5.98. The molecule has 1 fully saturated rings. The first kappa shape index (κ1) is 41.1. The van der Waals surface area contributed by atoms with Gasteiger partial charge >= 0.3 is 0 Å². The number of allylic oxidation sites excluding steroid dienone is 2. The Hall–Kier alpha value is -4.04. The Kier molecular flexibility index (Phi) is 12.8. The van der Waals surface area contributed by atoms with Gasteiger partial charge in [-0.05, 0) is 62.6 Å². The third-order valence-electron chi connectivity index (χ3n) is 11.2. The molecule has 6 rings (SSSR count). The van der Waals surface area contributed by atoms with Crippen molar-refractivity contribution in [3.8, 4) is 0 Å². The van der Waals surface area contributed by atoms with E-state index in [2.05, 4.69) is 60.4 Å². The minimum absolute atomic E-state index is 0. The molecular formula is C40H66N10O4. The molecule has 1 saturated carbocycles. The Morgan fingerprint density at radius 1 is 0.722 bits per heavy atom. The third-order valence-corrected chi connectivity index (χ3v) is 11.2. The van der Waals surface area contributed by atoms with E-state index < -0.39 is 17.5 Å². The van der Waals surface area contributed by atoms with Crippen molar-refractivity contribution in [2.45, 2.75) is 131 Å². The summed E-state index contributed by atoms with van der Waals surface area (Å²) >= 11 is 0. The summed E-state index contributed by atoms with van der Waals surface area (Å²) in [6.45, 7) is 16.7. The molecule has 14 nitrogen and oxygen atoms in total. The van der Waals surface area contributed by atoms with Gasteiger partial charge in [0.1, 0.15) is 23.7 Å². The summed E-state index contributed by atoms with van der Waals surface area (Å²) in [5.41, 5.74) is 3.30. The molecule has 2 aliphatic carbocycles. The van der Waals surface area contributed by atoms with Crippen molar-refractivity contribution >= 4 is 29.2 Å². The van der Waals surface area contributed by atoms with Crippen LogP contribution in [0.4, 0.5) is 0 Å². The molecule has 2 aromatic rings. The predicted octanol–water partition coefficient (Wildman–Crippen LogP) is 3.91. The summed E-state index contributed by atoms with van der Waals surface area (Å²) in [6, 6.07) is -1.23. The number of nitrogens with one attached hydrogen (secondary N) is 4. The second-order valence-corrected chi connectivity index (χ2v) is 17.7. The Bertz CT molecular complexity index is 1740. The molecule has 2 aliphatic heterocycles. The van der Waals surface area contributed by atoms with E-state index in [9.17, 15) is 19.2 Å². The van der Waals surface area contributed by atoms with Crippen LogP contribution in [0.1, 0.15) is 138 Å². The van der Waals surface area contributed by atoms with Crippen molar-refractivity contribution in [1.82, 2.24) is 50.2 Å². The summed E-state index contributed by atoms with van der Waals surface area (Å²) < 4.78 is 4.45. The van der Waals surface area contributed by atoms with Gasteiger partial charge in [0.2, 0.25) is 11.8 Å². The number of carbonyl (C=O) groups is 4. The predicted molar refractivity (Wildman–Crippen MR) is 212 cm³/mol. The molecule has 2 aromatic heterocycles. The van der Waals surface area contributed by atoms with Crippen molar-refractivity contribution in [3.05, 3.63) is 40.5 Å². The van der Waals surface area contributed by atoms with Gasteiger partial charge in [-0.25, -0.2) is 9.97 Å². The van der Waals surface area contributed by atoms with Crippen molar-refractivity contribution in [2.24, 2.45) is 10.8 Å². The molecular weight excluding hydrogens is 685 g/mol. The summed E-state index contributed by atoms with van der Waals surface area (Å²) in [7, 11) is 7.30. The van der Waals surface area contributed by atoms with Crippen LogP contribution in [0.25, 0.3) is 5.57 Å². The number of fused-ring (bicyclic) bond motifs is 2. The standard InChI is InChI=1S/C20H33N5O2.C20H31N5O2.H2/c2*1-20(2,3)16(19(27)21-4)23-18(26)15-14-12-24(5)10-11-25(14)17(22-15)13-8-6-7-9-13;/h13,16H,6-12H2,1-5H3,(H,21,27)(H,23,26);8,16H,6-7,9-12H2,1-5H3,(H,21,27)(H,23,26);1H/t2*16-;/m11./s1. The van der Waals surface area contributed by atoms with Crippen molar-refractivity contribution in [2.75, 3.05) is 41.3 Å². The number of hydrogen-bond acceptors (Lipinski definition) is 8. The molecule has 4 N–H and O–H groups in total. The van der Waals surface area contributed by atoms with E-state index in [4.69, 9.17) is 9.97 Å². The van der Waals surface area contributed by atoms with Gasteiger partial charge in [-0.1, -0.05) is 60.5 Å². The summed E-state index contributed by atoms with van der Waals surface area (Å²) in [4.78, 5) is 64.9. The number of likely N-dealkylation sites (N-methyl/N-ethyl adjacent to an activating group) is 4. The Morgan fingerprint density at radius 2 is 1.20 bits per heavy atom. The van der Waals surface area contributed by atoms with E-state index in [0.29, 0.717) is 30.4 Å². The third kappa shape index (κ3) is 9.07. The number of nitrogens with zero attached hydrogens (tertiary/aromatic N) is 6. The normalized spacial score (nSPS) is 19.1. The lowest BCUT2D eigenvalue weighted by molar-refractivity contribution is -0.125. The van der Waals surface area contributed by atoms with E-state index in [1.165, 1.54) is 18.4 Å². The van der Waals surface area contributed by atoms with Crippen LogP contribution in [0.5, 0.6) is 0 Å². The molecule has 4 aliphatic rings. The molecule has 0 aromatic carbocycles. The zero-order valence-electron chi connectivity index (χ0n) is 34.3. The largest absolute Gasteiger partial charge is 0.357 e. The minimum Gasteiger partial charge on any atom is -0.357 e. The fraction of sp³-hybridized carbons (Fsp3) is 0.700. The lowest BCUT2D eigenvalue weighted by Crippen LogP contribution is -2.53. The smallest absolute Gasteiger partial charge is 0.272 e. The second kappa shape index (κ2) is 16.8. The van der Waals surface area contributed by atoms with Crippen LogP contribution in [0.3, 0.4) is 0 Å². The lowest BCUT2D eigenvalue weighted by atomic mass is 9.86. The fourth-order valence-electron chi connectivity index (χ4n) is 8.03. The Morgan fingerprint density at radius 3 is 1.67 bits per heavy atom. The lowest BCUT2D eigenvalue weighted by Gasteiger charge is -2.30. The van der Waals surface area contributed by atoms with Gasteiger partial charge in [-0.15, -0.1) is 0 Å². The zero-order chi connectivity index (χ0) is 39.5. The van der Waals surface area contributed by atoms with Crippen LogP contribution < -0.4 is 21.3 Å². The molecule has 0 unspecified atom stereocenters. The Balaban J connectivity index is 0.000000240. The van der Waals surface area contributed by atoms with Crippen LogP contribution in [0.15, 0.2) is 6.08 Å². The molecule has 2 atom stereocenters. The number of aromatic nitrogens is 4. The van der Waals surface area contributed by atoms with E-state index >= 15 is 0 Å². The van der Waals surface area contributed by atoms with Crippen molar-refractivity contribution < 1.29 is 20.6 Å². The maximum atomic E-state index is 13.1. The van der Waals surface area contributed by atoms with Crippen molar-refractivity contribution in [1.29, 1.82) is 0 Å². The molecule has 0 bridgehead atoms. The van der Waals surface area contributed by atoms with Crippen molar-refractivity contribution in [3.63, 3.8) is 0 Å². The van der Waals surface area contributed by atoms with Gasteiger partial charge in [0, 0.05) is 60.7 Å². The Labute approximate surface area is 322 Å². The molecule has 4 amide bonds. The molecule has 0 radical (unpaired) electrons. The van der Waals surface area contributed by atoms with E-state index in [-0.39, 0.29) is 30.5 Å². The highest BCUT2D eigenvalue weighted by Crippen LogP contribution is 2.36. The molecule has 4 heterocycles. The van der Waals surface area contributed by atoms with Gasteiger partial charge < -0.3 is 30.4 Å². The first-order chi connectivity index (χ1) is 25.4. The van der Waals surface area contributed by atoms with Crippen LogP contribution in [-0.4, -0.2) is 106 Å². The van der Waals surface area contributed by atoms with Crippen LogP contribution in [0.2, 0.25) is 0 Å². The van der Waals surface area contributed by atoms with E-state index in [1.807, 2.05) is 41.5 Å². The maximum Gasteiger partial charge on any atom is 0.272 e. The summed E-state index contributed by atoms with van der Waals surface area (Å²) in [6.07, 6.45) is 10.2. The molecule has 14 heteroatoms. The average Bonchev–Trinajstić information content (AvgIpc) is 3.94. The number of carbonyl (C=O) groups excluding carboxylic acids is 4.